The van der Waals surface area contributed by atoms with Crippen molar-refractivity contribution in [2.75, 3.05) is 44.6 Å². The van der Waals surface area contributed by atoms with Gasteiger partial charge in [0.25, 0.3) is 0 Å². The molecule has 1 aromatic carbocycles. The molecule has 1 heterocycles. The molecule has 2 rings (SSSR count). The third kappa shape index (κ3) is 5.90. The van der Waals surface area contributed by atoms with E-state index in [1.165, 1.54) is 0 Å². The zero-order valence-corrected chi connectivity index (χ0v) is 13.9. The number of carbonyl (C=O) groups is 2. The minimum atomic E-state index is 0.0468. The maximum absolute atomic E-state index is 12.2. The van der Waals surface area contributed by atoms with Crippen molar-refractivity contribution in [3.8, 4) is 0 Å². The first-order valence-corrected chi connectivity index (χ1v) is 8.13. The van der Waals surface area contributed by atoms with Crippen molar-refractivity contribution in [1.82, 2.24) is 15.1 Å². The predicted molar refractivity (Wildman–Crippen MR) is 91.2 cm³/mol. The molecule has 126 valence electrons. The fourth-order valence-electron chi connectivity index (χ4n) is 2.57. The van der Waals surface area contributed by atoms with Crippen LogP contribution in [0.2, 0.25) is 0 Å². The van der Waals surface area contributed by atoms with E-state index < -0.39 is 0 Å². The average molecular weight is 318 g/mol. The number of rotatable bonds is 6. The van der Waals surface area contributed by atoms with Gasteiger partial charge in [-0.3, -0.25) is 14.5 Å². The molecule has 2 amide bonds. The molecule has 0 radical (unpaired) electrons. The highest BCUT2D eigenvalue weighted by molar-refractivity contribution is 5.81. The normalized spacial score (nSPS) is 15.5. The number of hydrogen-bond acceptors (Lipinski definition) is 4. The zero-order chi connectivity index (χ0) is 16.7. The van der Waals surface area contributed by atoms with E-state index in [9.17, 15) is 9.59 Å². The molecule has 23 heavy (non-hydrogen) atoms. The third-order valence-electron chi connectivity index (χ3n) is 3.76. The monoisotopic (exact) mass is 318 g/mol. The number of hydrogen-bond donors (Lipinski definition) is 2. The van der Waals surface area contributed by atoms with Crippen LogP contribution >= 0.6 is 0 Å². The highest BCUT2D eigenvalue weighted by atomic mass is 16.2. The van der Waals surface area contributed by atoms with Crippen LogP contribution in [0.3, 0.4) is 0 Å². The van der Waals surface area contributed by atoms with Crippen LogP contribution in [0.4, 0.5) is 5.69 Å². The van der Waals surface area contributed by atoms with Crippen LogP contribution < -0.4 is 10.6 Å². The predicted octanol–water partition coefficient (Wildman–Crippen LogP) is 0.767. The molecule has 0 atom stereocenters. The molecule has 0 saturated carbocycles. The molecule has 1 aliphatic rings. The number of benzene rings is 1. The van der Waals surface area contributed by atoms with Crippen LogP contribution in [-0.4, -0.2) is 66.9 Å². The summed E-state index contributed by atoms with van der Waals surface area (Å²) in [5, 5.41) is 6.03. The molecule has 1 fully saturated rings. The van der Waals surface area contributed by atoms with Gasteiger partial charge in [0.2, 0.25) is 11.8 Å². The average Bonchev–Trinajstić information content (AvgIpc) is 2.53. The Morgan fingerprint density at radius 3 is 2.35 bits per heavy atom. The Balaban J connectivity index is 1.69. The fourth-order valence-corrected chi connectivity index (χ4v) is 2.57. The van der Waals surface area contributed by atoms with Crippen molar-refractivity contribution in [3.05, 3.63) is 30.3 Å². The second-order valence-electron chi connectivity index (χ2n) is 6.10. The summed E-state index contributed by atoms with van der Waals surface area (Å²) in [5.41, 5.74) is 0.949. The van der Waals surface area contributed by atoms with Crippen molar-refractivity contribution in [2.24, 2.45) is 0 Å². The van der Waals surface area contributed by atoms with Crippen LogP contribution in [0.5, 0.6) is 0 Å². The van der Waals surface area contributed by atoms with Crippen molar-refractivity contribution in [3.63, 3.8) is 0 Å². The maximum Gasteiger partial charge on any atom is 0.241 e. The summed E-state index contributed by atoms with van der Waals surface area (Å²) in [5.74, 6) is 0.144. The Kier molecular flexibility index (Phi) is 6.40. The third-order valence-corrected chi connectivity index (χ3v) is 3.76. The van der Waals surface area contributed by atoms with Crippen molar-refractivity contribution < 1.29 is 9.59 Å². The summed E-state index contributed by atoms with van der Waals surface area (Å²) < 4.78 is 0. The number of amides is 2. The number of anilines is 1. The molecule has 6 nitrogen and oxygen atoms in total. The van der Waals surface area contributed by atoms with Crippen LogP contribution in [0.1, 0.15) is 13.8 Å². The summed E-state index contributed by atoms with van der Waals surface area (Å²) in [6.07, 6.45) is 0. The van der Waals surface area contributed by atoms with Crippen LogP contribution in [-0.2, 0) is 9.59 Å². The van der Waals surface area contributed by atoms with E-state index in [1.54, 1.807) is 0 Å². The zero-order valence-electron chi connectivity index (χ0n) is 13.9. The van der Waals surface area contributed by atoms with Gasteiger partial charge in [-0.25, -0.2) is 0 Å². The van der Waals surface area contributed by atoms with E-state index in [4.69, 9.17) is 0 Å². The fraction of sp³-hybridized carbons (Fsp3) is 0.529. The molecular weight excluding hydrogens is 292 g/mol. The molecule has 0 aromatic heterocycles. The first-order chi connectivity index (χ1) is 11.0. The molecule has 1 aromatic rings. The Bertz CT molecular complexity index is 511. The van der Waals surface area contributed by atoms with Crippen molar-refractivity contribution in [1.29, 1.82) is 0 Å². The number of piperazine rings is 1. The first kappa shape index (κ1) is 17.3. The van der Waals surface area contributed by atoms with Crippen LogP contribution in [0.25, 0.3) is 0 Å². The van der Waals surface area contributed by atoms with Gasteiger partial charge in [0.15, 0.2) is 0 Å². The number of para-hydroxylation sites is 1. The highest BCUT2D eigenvalue weighted by Crippen LogP contribution is 2.06. The molecule has 0 spiro atoms. The number of carbonyl (C=O) groups excluding carboxylic acids is 2. The summed E-state index contributed by atoms with van der Waals surface area (Å²) in [7, 11) is 0. The second-order valence-corrected chi connectivity index (χ2v) is 6.10. The van der Waals surface area contributed by atoms with Gasteiger partial charge in [-0.2, -0.15) is 0 Å². The highest BCUT2D eigenvalue weighted by Gasteiger charge is 2.22. The quantitative estimate of drug-likeness (QED) is 0.813. The Hall–Kier alpha value is -2.08. The van der Waals surface area contributed by atoms with Crippen molar-refractivity contribution in [2.45, 2.75) is 19.9 Å². The minimum Gasteiger partial charge on any atom is -0.376 e. The van der Waals surface area contributed by atoms with Gasteiger partial charge in [-0.05, 0) is 26.0 Å². The summed E-state index contributed by atoms with van der Waals surface area (Å²) in [6.45, 7) is 7.43. The lowest BCUT2D eigenvalue weighted by Crippen LogP contribution is -2.52. The van der Waals surface area contributed by atoms with Gasteiger partial charge in [-0.15, -0.1) is 0 Å². The lowest BCUT2D eigenvalue weighted by Gasteiger charge is -2.34. The summed E-state index contributed by atoms with van der Waals surface area (Å²) >= 11 is 0. The standard InChI is InChI=1S/C17H26N4O2/c1-14(2)19-16(22)13-20-8-10-21(11-9-20)17(23)12-18-15-6-4-3-5-7-15/h3-7,14,18H,8-13H2,1-2H3,(H,19,22). The molecule has 0 bridgehead atoms. The van der Waals surface area contributed by atoms with Gasteiger partial charge in [0.1, 0.15) is 0 Å². The lowest BCUT2D eigenvalue weighted by molar-refractivity contribution is -0.131. The van der Waals surface area contributed by atoms with Gasteiger partial charge in [0, 0.05) is 37.9 Å². The summed E-state index contributed by atoms with van der Waals surface area (Å²) in [4.78, 5) is 27.9. The van der Waals surface area contributed by atoms with E-state index in [-0.39, 0.29) is 17.9 Å². The largest absolute Gasteiger partial charge is 0.376 e. The SMILES string of the molecule is CC(C)NC(=O)CN1CCN(C(=O)CNc2ccccc2)CC1. The lowest BCUT2D eigenvalue weighted by atomic mass is 10.3. The van der Waals surface area contributed by atoms with E-state index in [0.717, 1.165) is 18.8 Å². The molecule has 2 N–H and O–H groups in total. The van der Waals surface area contributed by atoms with Gasteiger partial charge >= 0.3 is 0 Å². The Labute approximate surface area is 137 Å². The van der Waals surface area contributed by atoms with E-state index in [0.29, 0.717) is 26.2 Å². The van der Waals surface area contributed by atoms with Crippen LogP contribution in [0, 0.1) is 0 Å². The maximum atomic E-state index is 12.2. The van der Waals surface area contributed by atoms with Gasteiger partial charge < -0.3 is 15.5 Å². The van der Waals surface area contributed by atoms with Gasteiger partial charge in [0.05, 0.1) is 13.1 Å². The van der Waals surface area contributed by atoms with E-state index in [1.807, 2.05) is 49.1 Å². The first-order valence-electron chi connectivity index (χ1n) is 8.13. The molecule has 1 aliphatic heterocycles. The van der Waals surface area contributed by atoms with E-state index >= 15 is 0 Å². The second kappa shape index (κ2) is 8.53. The molecule has 0 unspecified atom stereocenters. The van der Waals surface area contributed by atoms with Gasteiger partial charge in [-0.1, -0.05) is 18.2 Å². The molecule has 6 heteroatoms. The topological polar surface area (TPSA) is 64.7 Å². The molecule has 1 saturated heterocycles. The van der Waals surface area contributed by atoms with Crippen molar-refractivity contribution >= 4 is 17.5 Å². The smallest absolute Gasteiger partial charge is 0.241 e. The molecule has 0 aliphatic carbocycles. The minimum absolute atomic E-state index is 0.0468. The Morgan fingerprint density at radius 2 is 1.74 bits per heavy atom. The van der Waals surface area contributed by atoms with Crippen LogP contribution in [0.15, 0.2) is 30.3 Å². The number of nitrogens with one attached hydrogen (secondary N) is 2. The summed E-state index contributed by atoms with van der Waals surface area (Å²) in [6, 6.07) is 9.87. The molecular formula is C17H26N4O2. The Morgan fingerprint density at radius 1 is 1.09 bits per heavy atom. The number of nitrogens with zero attached hydrogens (tertiary/aromatic N) is 2. The van der Waals surface area contributed by atoms with E-state index in [2.05, 4.69) is 15.5 Å².